The lowest BCUT2D eigenvalue weighted by atomic mass is 10.1. The second-order valence-electron chi connectivity index (χ2n) is 11.1. The van der Waals surface area contributed by atoms with Crippen molar-refractivity contribution < 1.29 is 23.9 Å². The molecule has 1 saturated heterocycles. The fourth-order valence-corrected chi connectivity index (χ4v) is 4.85. The lowest BCUT2D eigenvalue weighted by molar-refractivity contribution is -0.161. The highest BCUT2D eigenvalue weighted by molar-refractivity contribution is 6.74. The molecule has 7 nitrogen and oxygen atoms in total. The lowest BCUT2D eigenvalue weighted by Gasteiger charge is -2.44. The molecule has 0 aliphatic carbocycles. The fourth-order valence-electron chi connectivity index (χ4n) is 3.41. The van der Waals surface area contributed by atoms with Crippen molar-refractivity contribution in [1.29, 1.82) is 0 Å². The van der Waals surface area contributed by atoms with Crippen LogP contribution in [0.15, 0.2) is 30.3 Å². The molecule has 0 saturated carbocycles. The van der Waals surface area contributed by atoms with Gasteiger partial charge < -0.3 is 19.6 Å². The molecule has 1 aromatic rings. The molecule has 32 heavy (non-hydrogen) atoms. The average Bonchev–Trinajstić information content (AvgIpc) is 2.78. The van der Waals surface area contributed by atoms with Crippen LogP contribution in [0.2, 0.25) is 18.1 Å². The summed E-state index contributed by atoms with van der Waals surface area (Å²) in [7, 11) is -2.31. The molecule has 0 aromatic heterocycles. The Kier molecular flexibility index (Phi) is 7.85. The summed E-state index contributed by atoms with van der Waals surface area (Å²) in [4.78, 5) is 27.4. The van der Waals surface area contributed by atoms with Crippen LogP contribution in [0.3, 0.4) is 0 Å². The van der Waals surface area contributed by atoms with Gasteiger partial charge in [0.05, 0.1) is 0 Å². The van der Waals surface area contributed by atoms with Crippen molar-refractivity contribution in [2.75, 3.05) is 6.54 Å². The molecular formula is C24H40N2O5Si. The van der Waals surface area contributed by atoms with Crippen LogP contribution in [0.5, 0.6) is 0 Å². The summed E-state index contributed by atoms with van der Waals surface area (Å²) in [6.45, 7) is 16.3. The third kappa shape index (κ3) is 7.05. The normalized spacial score (nSPS) is 22.8. The number of amides is 2. The minimum atomic E-state index is -2.31. The van der Waals surface area contributed by atoms with E-state index in [1.807, 2.05) is 6.07 Å². The summed E-state index contributed by atoms with van der Waals surface area (Å²) in [6, 6.07) is 8.82. The fraction of sp³-hybridized carbons (Fsp3) is 0.667. The molecule has 1 aliphatic heterocycles. The average molecular weight is 465 g/mol. The Morgan fingerprint density at radius 2 is 1.72 bits per heavy atom. The molecule has 0 bridgehead atoms. The van der Waals surface area contributed by atoms with E-state index in [-0.39, 0.29) is 17.4 Å². The first kappa shape index (κ1) is 26.4. The van der Waals surface area contributed by atoms with Gasteiger partial charge in [-0.25, -0.2) is 4.79 Å². The van der Waals surface area contributed by atoms with Gasteiger partial charge in [-0.1, -0.05) is 39.0 Å². The summed E-state index contributed by atoms with van der Waals surface area (Å²) in [5, 5.41) is 14.4. The molecule has 180 valence electrons. The van der Waals surface area contributed by atoms with Crippen molar-refractivity contribution in [3.63, 3.8) is 0 Å². The van der Waals surface area contributed by atoms with Gasteiger partial charge in [0.15, 0.2) is 14.1 Å². The number of hydrogen-bond donors (Lipinski definition) is 2. The van der Waals surface area contributed by atoms with E-state index in [2.05, 4.69) is 39.2 Å². The van der Waals surface area contributed by atoms with Crippen molar-refractivity contribution in [2.45, 2.75) is 96.5 Å². The Morgan fingerprint density at radius 3 is 2.25 bits per heavy atom. The Morgan fingerprint density at radius 1 is 1.12 bits per heavy atom. The van der Waals surface area contributed by atoms with E-state index in [0.29, 0.717) is 24.9 Å². The van der Waals surface area contributed by atoms with E-state index in [9.17, 15) is 14.7 Å². The summed E-state index contributed by atoms with van der Waals surface area (Å²) in [5.74, 6) is -1.77. The van der Waals surface area contributed by atoms with Crippen LogP contribution >= 0.6 is 0 Å². The van der Waals surface area contributed by atoms with E-state index in [4.69, 9.17) is 9.16 Å². The summed E-state index contributed by atoms with van der Waals surface area (Å²) < 4.78 is 12.0. The standard InChI is InChI=1S/C24H40N2O5Si/c1-22(2,3)30-21(28)26-16-12-15-24(29,31-32(7,8)23(4,5)6)17-19(26)25-20(27)18-13-10-9-11-14-18/h9-11,13-14,19,29H,12,15-17H2,1-8H3,(H,25,27). The maximum atomic E-state index is 13.0. The smallest absolute Gasteiger partial charge is 0.411 e. The van der Waals surface area contributed by atoms with Gasteiger partial charge >= 0.3 is 6.09 Å². The number of likely N-dealkylation sites (tertiary alicyclic amines) is 1. The molecule has 2 atom stereocenters. The number of ether oxygens (including phenoxy) is 1. The van der Waals surface area contributed by atoms with Gasteiger partial charge in [-0.05, 0) is 57.5 Å². The Bertz CT molecular complexity index is 801. The molecule has 2 N–H and O–H groups in total. The molecule has 1 heterocycles. The molecule has 2 unspecified atom stereocenters. The first-order valence-corrected chi connectivity index (χ1v) is 14.2. The highest BCUT2D eigenvalue weighted by Gasteiger charge is 2.47. The third-order valence-electron chi connectivity index (χ3n) is 6.07. The van der Waals surface area contributed by atoms with Gasteiger partial charge in [-0.3, -0.25) is 9.69 Å². The molecule has 0 radical (unpaired) electrons. The minimum Gasteiger partial charge on any atom is -0.444 e. The van der Waals surface area contributed by atoms with E-state index in [0.717, 1.165) is 0 Å². The monoisotopic (exact) mass is 464 g/mol. The van der Waals surface area contributed by atoms with Crippen LogP contribution in [0.25, 0.3) is 0 Å². The highest BCUT2D eigenvalue weighted by Crippen LogP contribution is 2.41. The SMILES string of the molecule is CC(C)(C)OC(=O)N1CCCC(O)(O[Si](C)(C)C(C)(C)C)CC1NC(=O)c1ccccc1. The Labute approximate surface area is 193 Å². The van der Waals surface area contributed by atoms with Gasteiger partial charge in [0, 0.05) is 24.9 Å². The Balaban J connectivity index is 2.33. The Hall–Kier alpha value is -1.90. The topological polar surface area (TPSA) is 88.1 Å². The molecule has 2 rings (SSSR count). The second-order valence-corrected chi connectivity index (χ2v) is 15.9. The quantitative estimate of drug-likeness (QED) is 0.490. The third-order valence-corrected chi connectivity index (χ3v) is 10.6. The van der Waals surface area contributed by atoms with Gasteiger partial charge in [-0.15, -0.1) is 0 Å². The number of carbonyl (C=O) groups is 2. The maximum absolute atomic E-state index is 13.0. The zero-order valence-electron chi connectivity index (χ0n) is 20.8. The zero-order valence-corrected chi connectivity index (χ0v) is 21.8. The zero-order chi connectivity index (χ0) is 24.4. The number of benzene rings is 1. The number of nitrogens with one attached hydrogen (secondary N) is 1. The van der Waals surface area contributed by atoms with E-state index in [1.165, 1.54) is 4.90 Å². The minimum absolute atomic E-state index is 0.0668. The summed E-state index contributed by atoms with van der Waals surface area (Å²) >= 11 is 0. The summed E-state index contributed by atoms with van der Waals surface area (Å²) in [5.41, 5.74) is -0.194. The summed E-state index contributed by atoms with van der Waals surface area (Å²) in [6.07, 6.45) is -0.321. The van der Waals surface area contributed by atoms with E-state index in [1.54, 1.807) is 45.0 Å². The van der Waals surface area contributed by atoms with Crippen LogP contribution in [-0.2, 0) is 9.16 Å². The van der Waals surface area contributed by atoms with Gasteiger partial charge in [0.1, 0.15) is 11.8 Å². The maximum Gasteiger partial charge on any atom is 0.411 e. The second kappa shape index (κ2) is 9.53. The molecule has 1 aliphatic rings. The van der Waals surface area contributed by atoms with Gasteiger partial charge in [0.25, 0.3) is 5.91 Å². The molecular weight excluding hydrogens is 424 g/mol. The predicted molar refractivity (Wildman–Crippen MR) is 128 cm³/mol. The van der Waals surface area contributed by atoms with E-state index >= 15 is 0 Å². The van der Waals surface area contributed by atoms with Crippen LogP contribution in [0, 0.1) is 0 Å². The van der Waals surface area contributed by atoms with Gasteiger partial charge in [-0.2, -0.15) is 0 Å². The molecule has 1 fully saturated rings. The lowest BCUT2D eigenvalue weighted by Crippen LogP contribution is -2.56. The van der Waals surface area contributed by atoms with Crippen LogP contribution in [0.4, 0.5) is 4.79 Å². The number of carbonyl (C=O) groups excluding carboxylic acids is 2. The van der Waals surface area contributed by atoms with Crippen molar-refractivity contribution in [1.82, 2.24) is 10.2 Å². The highest BCUT2D eigenvalue weighted by atomic mass is 28.4. The van der Waals surface area contributed by atoms with Crippen molar-refractivity contribution >= 4 is 20.3 Å². The first-order valence-electron chi connectivity index (χ1n) is 11.3. The molecule has 1 aromatic carbocycles. The van der Waals surface area contributed by atoms with Crippen LogP contribution in [0.1, 0.15) is 71.2 Å². The number of hydrogen-bond acceptors (Lipinski definition) is 5. The van der Waals surface area contributed by atoms with Crippen molar-refractivity contribution in [3.8, 4) is 0 Å². The number of rotatable bonds is 4. The molecule has 8 heteroatoms. The van der Waals surface area contributed by atoms with Crippen molar-refractivity contribution in [2.24, 2.45) is 0 Å². The van der Waals surface area contributed by atoms with E-state index < -0.39 is 32.0 Å². The number of nitrogens with zero attached hydrogens (tertiary/aromatic N) is 1. The van der Waals surface area contributed by atoms with Gasteiger partial charge in [0.2, 0.25) is 0 Å². The van der Waals surface area contributed by atoms with Crippen LogP contribution in [-0.4, -0.2) is 54.4 Å². The number of aliphatic hydroxyl groups is 1. The largest absolute Gasteiger partial charge is 0.444 e. The molecule has 2 amide bonds. The first-order chi connectivity index (χ1) is 14.5. The molecule has 0 spiro atoms. The van der Waals surface area contributed by atoms with Crippen molar-refractivity contribution in [3.05, 3.63) is 35.9 Å². The predicted octanol–water partition coefficient (Wildman–Crippen LogP) is 4.87. The van der Waals surface area contributed by atoms with Crippen LogP contribution < -0.4 is 5.32 Å².